The highest BCUT2D eigenvalue weighted by Gasteiger charge is 2.67. The van der Waals surface area contributed by atoms with Crippen LogP contribution in [-0.2, 0) is 37.1 Å². The van der Waals surface area contributed by atoms with Gasteiger partial charge in [-0.2, -0.15) is 5.10 Å². The van der Waals surface area contributed by atoms with E-state index in [4.69, 9.17) is 4.74 Å². The summed E-state index contributed by atoms with van der Waals surface area (Å²) in [6.07, 6.45) is 8.08. The number of pyridine rings is 1. The quantitative estimate of drug-likeness (QED) is 0.154. The predicted octanol–water partition coefficient (Wildman–Crippen LogP) is 3.26. The lowest BCUT2D eigenvalue weighted by molar-refractivity contribution is -0.138. The van der Waals surface area contributed by atoms with Gasteiger partial charge in [-0.1, -0.05) is 24.3 Å². The molecule has 1 aliphatic carbocycles. The van der Waals surface area contributed by atoms with E-state index in [1.165, 1.54) is 18.5 Å². The van der Waals surface area contributed by atoms with Gasteiger partial charge in [0, 0.05) is 60.8 Å². The van der Waals surface area contributed by atoms with Crippen molar-refractivity contribution in [1.29, 1.82) is 0 Å². The Morgan fingerprint density at radius 1 is 1.04 bits per heavy atom. The van der Waals surface area contributed by atoms with E-state index in [9.17, 15) is 24.0 Å². The highest BCUT2D eigenvalue weighted by molar-refractivity contribution is 9.10. The van der Waals surface area contributed by atoms with Crippen molar-refractivity contribution in [2.45, 2.75) is 71.3 Å². The molecule has 2 bridgehead atoms. The predicted molar refractivity (Wildman–Crippen MR) is 196 cm³/mol. The topological polar surface area (TPSA) is 190 Å². The van der Waals surface area contributed by atoms with Crippen LogP contribution in [0, 0.1) is 12.3 Å². The van der Waals surface area contributed by atoms with Crippen molar-refractivity contribution in [3.05, 3.63) is 76.6 Å². The van der Waals surface area contributed by atoms with Crippen LogP contribution in [0.15, 0.2) is 59.5 Å². The van der Waals surface area contributed by atoms with Crippen molar-refractivity contribution in [3.8, 4) is 11.1 Å². The first-order valence-electron chi connectivity index (χ1n) is 17.3. The molecule has 274 valence electrons. The smallest absolute Gasteiger partial charge is 0.248 e. The molecular weight excluding hydrogens is 746 g/mol. The molecule has 53 heavy (non-hydrogen) atoms. The van der Waals surface area contributed by atoms with Crippen LogP contribution in [0.1, 0.15) is 55.0 Å². The van der Waals surface area contributed by atoms with Gasteiger partial charge >= 0.3 is 0 Å². The van der Waals surface area contributed by atoms with E-state index < -0.39 is 23.4 Å². The van der Waals surface area contributed by atoms with Gasteiger partial charge in [-0.25, -0.2) is 15.0 Å². The fourth-order valence-corrected chi connectivity index (χ4v) is 7.56. The number of nitrogens with one attached hydrogen (secondary N) is 3. The maximum atomic E-state index is 14.4. The number of Topliss-reactive ketones (excluding diaryl/α,β-unsaturated/α-hetero) is 1. The number of anilines is 1. The summed E-state index contributed by atoms with van der Waals surface area (Å²) in [5, 5.41) is 13.8. The SMILES string of the molecule is CC(=O)N[C@H]1C/C=C\COCc2ccc(Br)nc2NC(=O)[C@@H]2C[C@@]3(CNC1=O)C[C@H]3N2C(=O)Cn1nc(C(C)=O)c2cc(-c3cnc(C)nc3)ccc21. The molecule has 3 N–H and O–H groups in total. The summed E-state index contributed by atoms with van der Waals surface area (Å²) in [5.41, 5.74) is 2.44. The maximum absolute atomic E-state index is 14.4. The zero-order valence-corrected chi connectivity index (χ0v) is 31.0. The molecule has 1 saturated carbocycles. The maximum Gasteiger partial charge on any atom is 0.248 e. The highest BCUT2D eigenvalue weighted by atomic mass is 79.9. The number of carbonyl (C=O) groups excluding carboxylic acids is 5. The normalized spacial score (nSPS) is 23.6. The number of benzene rings is 1. The summed E-state index contributed by atoms with van der Waals surface area (Å²) in [7, 11) is 0. The van der Waals surface area contributed by atoms with Crippen LogP contribution in [0.2, 0.25) is 0 Å². The number of piperidine rings is 1. The molecule has 3 aromatic heterocycles. The molecule has 15 nitrogen and oxygen atoms in total. The lowest BCUT2D eigenvalue weighted by Gasteiger charge is -2.27. The lowest BCUT2D eigenvalue weighted by Crippen LogP contribution is -2.47. The number of rotatable bonds is 5. The average molecular weight is 785 g/mol. The van der Waals surface area contributed by atoms with Gasteiger partial charge in [0.15, 0.2) is 5.78 Å². The van der Waals surface area contributed by atoms with Gasteiger partial charge < -0.3 is 25.6 Å². The zero-order valence-electron chi connectivity index (χ0n) is 29.4. The Kier molecular flexibility index (Phi) is 9.91. The third-order valence-corrected chi connectivity index (χ3v) is 10.4. The molecule has 0 unspecified atom stereocenters. The molecule has 1 aromatic carbocycles. The minimum Gasteiger partial charge on any atom is -0.373 e. The minimum atomic E-state index is -0.890. The fourth-order valence-electron chi connectivity index (χ4n) is 7.25. The second-order valence-electron chi connectivity index (χ2n) is 13.7. The molecule has 2 aliphatic heterocycles. The Hall–Kier alpha value is -5.35. The summed E-state index contributed by atoms with van der Waals surface area (Å²) >= 11 is 3.39. The van der Waals surface area contributed by atoms with Crippen LogP contribution in [0.25, 0.3) is 22.0 Å². The van der Waals surface area contributed by atoms with E-state index in [1.807, 2.05) is 12.1 Å². The van der Waals surface area contributed by atoms with E-state index in [2.05, 4.69) is 51.9 Å². The number of carbonyl (C=O) groups is 5. The van der Waals surface area contributed by atoms with Crippen LogP contribution in [0.3, 0.4) is 0 Å². The molecule has 5 heterocycles. The van der Waals surface area contributed by atoms with Crippen molar-refractivity contribution in [3.63, 3.8) is 0 Å². The number of amides is 4. The molecule has 4 amide bonds. The van der Waals surface area contributed by atoms with Crippen molar-refractivity contribution >= 4 is 62.1 Å². The number of hydrogen-bond acceptors (Lipinski definition) is 10. The van der Waals surface area contributed by atoms with E-state index in [-0.39, 0.29) is 68.0 Å². The molecule has 16 heteroatoms. The second kappa shape index (κ2) is 14.6. The third-order valence-electron chi connectivity index (χ3n) is 10.00. The Morgan fingerprint density at radius 2 is 1.83 bits per heavy atom. The molecule has 7 rings (SSSR count). The van der Waals surface area contributed by atoms with Gasteiger partial charge in [0.1, 0.15) is 40.6 Å². The first-order valence-corrected chi connectivity index (χ1v) is 18.1. The number of aromatic nitrogens is 5. The fraction of sp³-hybridized carbons (Fsp3) is 0.378. The molecule has 2 fully saturated rings. The summed E-state index contributed by atoms with van der Waals surface area (Å²) in [6, 6.07) is 7.00. The van der Waals surface area contributed by atoms with Gasteiger partial charge in [0.2, 0.25) is 23.6 Å². The summed E-state index contributed by atoms with van der Waals surface area (Å²) in [6.45, 7) is 4.91. The first-order chi connectivity index (χ1) is 25.4. The summed E-state index contributed by atoms with van der Waals surface area (Å²) in [5.74, 6) is -0.817. The monoisotopic (exact) mass is 783 g/mol. The van der Waals surface area contributed by atoms with E-state index >= 15 is 0 Å². The molecule has 1 saturated heterocycles. The number of aryl methyl sites for hydroxylation is 1. The van der Waals surface area contributed by atoms with E-state index in [0.717, 1.165) is 11.1 Å². The summed E-state index contributed by atoms with van der Waals surface area (Å²) in [4.78, 5) is 81.2. The van der Waals surface area contributed by atoms with Gasteiger partial charge in [0.25, 0.3) is 0 Å². The Morgan fingerprint density at radius 3 is 2.58 bits per heavy atom. The number of halogens is 1. The molecule has 4 atom stereocenters. The summed E-state index contributed by atoms with van der Waals surface area (Å²) < 4.78 is 7.83. The largest absolute Gasteiger partial charge is 0.373 e. The minimum absolute atomic E-state index is 0.138. The molecular formula is C37H38BrN9O6. The third kappa shape index (κ3) is 7.46. The first kappa shape index (κ1) is 36.0. The second-order valence-corrected chi connectivity index (χ2v) is 14.6. The number of likely N-dealkylation sites (tertiary alicyclic amines) is 1. The Labute approximate surface area is 313 Å². The Balaban J connectivity index is 1.20. The Bertz CT molecular complexity index is 2170. The van der Waals surface area contributed by atoms with Crippen molar-refractivity contribution in [2.24, 2.45) is 5.41 Å². The van der Waals surface area contributed by atoms with Gasteiger partial charge in [0.05, 0.1) is 18.7 Å². The van der Waals surface area contributed by atoms with Gasteiger partial charge in [-0.15, -0.1) is 0 Å². The van der Waals surface area contributed by atoms with Gasteiger partial charge in [-0.3, -0.25) is 28.7 Å². The van der Waals surface area contributed by atoms with Crippen molar-refractivity contribution in [2.75, 3.05) is 18.5 Å². The number of hydrogen-bond donors (Lipinski definition) is 3. The number of ketones is 1. The number of nitrogens with zero attached hydrogens (tertiary/aromatic N) is 6. The highest BCUT2D eigenvalue weighted by Crippen LogP contribution is 2.59. The molecule has 0 radical (unpaired) electrons. The van der Waals surface area contributed by atoms with Crippen LogP contribution in [0.5, 0.6) is 0 Å². The average Bonchev–Trinajstić information content (AvgIpc) is 3.54. The van der Waals surface area contributed by atoms with E-state index in [0.29, 0.717) is 45.6 Å². The number of fused-ring (bicyclic) bond motifs is 3. The van der Waals surface area contributed by atoms with Crippen LogP contribution >= 0.6 is 15.9 Å². The van der Waals surface area contributed by atoms with E-state index in [1.54, 1.807) is 54.6 Å². The van der Waals surface area contributed by atoms with Crippen molar-refractivity contribution < 1.29 is 28.7 Å². The lowest BCUT2D eigenvalue weighted by atomic mass is 9.98. The molecule has 4 aromatic rings. The molecule has 1 spiro atoms. The van der Waals surface area contributed by atoms with Crippen LogP contribution in [0.4, 0.5) is 5.82 Å². The van der Waals surface area contributed by atoms with Crippen molar-refractivity contribution in [1.82, 2.24) is 40.3 Å². The number of ether oxygens (including phenoxy) is 1. The van der Waals surface area contributed by atoms with Gasteiger partial charge in [-0.05, 0) is 65.9 Å². The zero-order chi connectivity index (χ0) is 37.4. The van der Waals surface area contributed by atoms with Crippen LogP contribution in [-0.4, -0.2) is 90.3 Å². The molecule has 3 aliphatic rings. The standard InChI is InChI=1S/C37H38BrN9O6/c1-20(48)33-26-12-23(25-15-39-21(2)40-16-25)7-9-28(26)46(45-33)17-32(50)47-29-13-37(14-30(37)47)19-41-35(51)27(42-22(3)49)6-4-5-11-53-18-24-8-10-31(38)43-34(24)44-36(29)52/h4-5,7-10,12,15-16,27,29-30H,6,11,13-14,17-19H2,1-3H3,(H,41,51)(H,42,49)(H,43,44,52)/b5-4-/t27-,29-,30+,37-/m0/s1. The van der Waals surface area contributed by atoms with Crippen LogP contribution < -0.4 is 16.0 Å².